The van der Waals surface area contributed by atoms with Crippen LogP contribution in [0.5, 0.6) is 0 Å². The second kappa shape index (κ2) is 8.56. The summed E-state index contributed by atoms with van der Waals surface area (Å²) in [5.41, 5.74) is 13.1. The van der Waals surface area contributed by atoms with Crippen molar-refractivity contribution in [2.75, 3.05) is 5.32 Å². The maximum absolute atomic E-state index is 6.11. The smallest absolute Gasteiger partial charge is 0.193 e. The van der Waals surface area contributed by atoms with Crippen molar-refractivity contribution in [3.63, 3.8) is 0 Å². The van der Waals surface area contributed by atoms with E-state index in [0.717, 1.165) is 28.9 Å². The first-order valence-electron chi connectivity index (χ1n) is 8.96. The maximum atomic E-state index is 6.11. The molecule has 6 heteroatoms. The van der Waals surface area contributed by atoms with Gasteiger partial charge in [-0.1, -0.05) is 36.4 Å². The summed E-state index contributed by atoms with van der Waals surface area (Å²) in [6.45, 7) is 0.488. The van der Waals surface area contributed by atoms with E-state index in [-0.39, 0.29) is 24.0 Å². The van der Waals surface area contributed by atoms with Crippen molar-refractivity contribution in [1.82, 2.24) is 9.78 Å². The highest BCUT2D eigenvalue weighted by Crippen LogP contribution is 2.25. The Hall–Kier alpha value is -2.35. The van der Waals surface area contributed by atoms with E-state index in [1.165, 1.54) is 24.0 Å². The molecule has 1 heterocycles. The molecule has 1 aliphatic carbocycles. The van der Waals surface area contributed by atoms with E-state index in [1.54, 1.807) is 0 Å². The van der Waals surface area contributed by atoms with Gasteiger partial charge in [0.2, 0.25) is 0 Å². The number of nitrogens with two attached hydrogens (primary N) is 1. The minimum absolute atomic E-state index is 0. The SMILES string of the molecule is Cn1cc(CN=C(N)Nc2ccc3c(c2)CCC3)c(-c2ccccc2)n1.I. The number of rotatable bonds is 4. The number of nitrogens with zero attached hydrogens (tertiary/aromatic N) is 3. The highest BCUT2D eigenvalue weighted by Gasteiger charge is 2.12. The fraction of sp³-hybridized carbons (Fsp3) is 0.238. The number of aliphatic imine (C=N–C) groups is 1. The van der Waals surface area contributed by atoms with Crippen molar-refractivity contribution in [2.24, 2.45) is 17.8 Å². The highest BCUT2D eigenvalue weighted by atomic mass is 127. The monoisotopic (exact) mass is 473 g/mol. The molecule has 3 N–H and O–H groups in total. The molecule has 0 spiro atoms. The summed E-state index contributed by atoms with van der Waals surface area (Å²) < 4.78 is 1.82. The van der Waals surface area contributed by atoms with Gasteiger partial charge in [0.15, 0.2) is 5.96 Å². The van der Waals surface area contributed by atoms with Crippen LogP contribution in [0.4, 0.5) is 5.69 Å². The molecule has 0 radical (unpaired) electrons. The summed E-state index contributed by atoms with van der Waals surface area (Å²) in [4.78, 5) is 4.51. The Labute approximate surface area is 176 Å². The first-order valence-corrected chi connectivity index (χ1v) is 8.96. The summed E-state index contributed by atoms with van der Waals surface area (Å²) in [6, 6.07) is 16.6. The first kappa shape index (κ1) is 19.4. The number of aryl methyl sites for hydroxylation is 3. The zero-order valence-electron chi connectivity index (χ0n) is 15.4. The van der Waals surface area contributed by atoms with E-state index in [2.05, 4.69) is 45.7 Å². The first-order chi connectivity index (χ1) is 12.7. The van der Waals surface area contributed by atoms with Crippen molar-refractivity contribution < 1.29 is 0 Å². The normalized spacial score (nSPS) is 13.1. The second-order valence-electron chi connectivity index (χ2n) is 6.71. The average molecular weight is 473 g/mol. The Bertz CT molecular complexity index is 946. The Kier molecular flexibility index (Phi) is 6.15. The van der Waals surface area contributed by atoms with Crippen LogP contribution in [0.25, 0.3) is 11.3 Å². The van der Waals surface area contributed by atoms with Gasteiger partial charge < -0.3 is 11.1 Å². The number of fused-ring (bicyclic) bond motifs is 1. The Morgan fingerprint density at radius 1 is 1.15 bits per heavy atom. The molecule has 0 saturated carbocycles. The molecule has 0 fully saturated rings. The van der Waals surface area contributed by atoms with Crippen LogP contribution in [0.1, 0.15) is 23.1 Å². The number of nitrogens with one attached hydrogen (secondary N) is 1. The topological polar surface area (TPSA) is 68.2 Å². The molecule has 0 unspecified atom stereocenters. The summed E-state index contributed by atoms with van der Waals surface area (Å²) in [7, 11) is 1.92. The van der Waals surface area contributed by atoms with Gasteiger partial charge >= 0.3 is 0 Å². The van der Waals surface area contributed by atoms with E-state index < -0.39 is 0 Å². The molecule has 1 aliphatic rings. The van der Waals surface area contributed by atoms with E-state index >= 15 is 0 Å². The van der Waals surface area contributed by atoms with Crippen LogP contribution < -0.4 is 11.1 Å². The van der Waals surface area contributed by atoms with Crippen molar-refractivity contribution in [3.05, 3.63) is 71.4 Å². The lowest BCUT2D eigenvalue weighted by atomic mass is 10.1. The molecular formula is C21H24IN5. The molecule has 0 amide bonds. The van der Waals surface area contributed by atoms with Crippen LogP contribution in [-0.4, -0.2) is 15.7 Å². The fourth-order valence-corrected chi connectivity index (χ4v) is 3.50. The quantitative estimate of drug-likeness (QED) is 0.340. The Morgan fingerprint density at radius 3 is 2.74 bits per heavy atom. The molecule has 0 aliphatic heterocycles. The average Bonchev–Trinajstić information content (AvgIpc) is 3.26. The van der Waals surface area contributed by atoms with Crippen LogP contribution >= 0.6 is 24.0 Å². The molecular weight excluding hydrogens is 449 g/mol. The number of hydrogen-bond donors (Lipinski definition) is 2. The van der Waals surface area contributed by atoms with Crippen LogP contribution in [-0.2, 0) is 26.4 Å². The molecule has 0 saturated heterocycles. The third kappa shape index (κ3) is 4.50. The molecule has 0 bridgehead atoms. The van der Waals surface area contributed by atoms with Crippen LogP contribution in [0, 0.1) is 0 Å². The van der Waals surface area contributed by atoms with E-state index in [4.69, 9.17) is 5.73 Å². The third-order valence-corrected chi connectivity index (χ3v) is 4.74. The second-order valence-corrected chi connectivity index (χ2v) is 6.71. The van der Waals surface area contributed by atoms with Gasteiger partial charge in [-0.15, -0.1) is 24.0 Å². The van der Waals surface area contributed by atoms with Gasteiger partial charge in [-0.2, -0.15) is 5.10 Å². The number of benzene rings is 2. The van der Waals surface area contributed by atoms with Gasteiger partial charge in [0.1, 0.15) is 0 Å². The minimum Gasteiger partial charge on any atom is -0.370 e. The van der Waals surface area contributed by atoms with Crippen LogP contribution in [0.15, 0.2) is 59.7 Å². The lowest BCUT2D eigenvalue weighted by Crippen LogP contribution is -2.22. The van der Waals surface area contributed by atoms with Crippen molar-refractivity contribution >= 4 is 35.6 Å². The summed E-state index contributed by atoms with van der Waals surface area (Å²) in [5, 5.41) is 7.78. The molecule has 4 rings (SSSR count). The maximum Gasteiger partial charge on any atom is 0.193 e. The highest BCUT2D eigenvalue weighted by molar-refractivity contribution is 14.0. The molecule has 5 nitrogen and oxygen atoms in total. The minimum atomic E-state index is 0. The van der Waals surface area contributed by atoms with Gasteiger partial charge in [0, 0.05) is 30.1 Å². The Morgan fingerprint density at radius 2 is 1.93 bits per heavy atom. The summed E-state index contributed by atoms with van der Waals surface area (Å²) >= 11 is 0. The van der Waals surface area contributed by atoms with E-state index in [9.17, 15) is 0 Å². The lowest BCUT2D eigenvalue weighted by Gasteiger charge is -2.08. The molecule has 3 aromatic rings. The lowest BCUT2D eigenvalue weighted by molar-refractivity contribution is 0.769. The van der Waals surface area contributed by atoms with Crippen molar-refractivity contribution in [3.8, 4) is 11.3 Å². The number of hydrogen-bond acceptors (Lipinski definition) is 2. The fourth-order valence-electron chi connectivity index (χ4n) is 3.50. The van der Waals surface area contributed by atoms with Gasteiger partial charge in [-0.25, -0.2) is 4.99 Å². The zero-order chi connectivity index (χ0) is 17.9. The van der Waals surface area contributed by atoms with Gasteiger partial charge in [-0.3, -0.25) is 4.68 Å². The van der Waals surface area contributed by atoms with Crippen LogP contribution in [0.3, 0.4) is 0 Å². The van der Waals surface area contributed by atoms with Gasteiger partial charge in [0.25, 0.3) is 0 Å². The van der Waals surface area contributed by atoms with Crippen molar-refractivity contribution in [2.45, 2.75) is 25.8 Å². The molecule has 2 aromatic carbocycles. The third-order valence-electron chi connectivity index (χ3n) is 4.74. The summed E-state index contributed by atoms with van der Waals surface area (Å²) in [5.74, 6) is 0.422. The number of anilines is 1. The van der Waals surface area contributed by atoms with Gasteiger partial charge in [-0.05, 0) is 42.5 Å². The van der Waals surface area contributed by atoms with E-state index in [0.29, 0.717) is 12.5 Å². The van der Waals surface area contributed by atoms with Gasteiger partial charge in [0.05, 0.1) is 12.2 Å². The molecule has 0 atom stereocenters. The molecule has 27 heavy (non-hydrogen) atoms. The molecule has 140 valence electrons. The predicted octanol–water partition coefficient (Wildman–Crippen LogP) is 4.12. The number of aromatic nitrogens is 2. The zero-order valence-corrected chi connectivity index (χ0v) is 17.7. The number of halogens is 1. The largest absolute Gasteiger partial charge is 0.370 e. The summed E-state index contributed by atoms with van der Waals surface area (Å²) in [6.07, 6.45) is 5.57. The Balaban J connectivity index is 0.00000210. The van der Waals surface area contributed by atoms with E-state index in [1.807, 2.05) is 36.1 Å². The predicted molar refractivity (Wildman–Crippen MR) is 121 cm³/mol. The van der Waals surface area contributed by atoms with Crippen molar-refractivity contribution in [1.29, 1.82) is 0 Å². The standard InChI is InChI=1S/C21H23N5.HI/c1-26-14-18(20(25-26)16-6-3-2-4-7-16)13-23-21(22)24-19-11-10-15-8-5-9-17(15)12-19;/h2-4,6-7,10-12,14H,5,8-9,13H2,1H3,(H3,22,23,24);1H. The number of guanidine groups is 1. The van der Waals surface area contributed by atoms with Crippen LogP contribution in [0.2, 0.25) is 0 Å². The molecule has 1 aromatic heterocycles.